The second kappa shape index (κ2) is 17.8. The minimum atomic E-state index is -0.361. The molecule has 1 aliphatic carbocycles. The Bertz CT molecular complexity index is 1080. The Kier molecular flexibility index (Phi) is 14.2. The van der Waals surface area contributed by atoms with E-state index in [1.54, 1.807) is 36.4 Å². The second-order valence-corrected chi connectivity index (χ2v) is 11.8. The molecule has 0 unspecified atom stereocenters. The van der Waals surface area contributed by atoms with Crippen molar-refractivity contribution in [1.82, 2.24) is 0 Å². The van der Waals surface area contributed by atoms with E-state index in [-0.39, 0.29) is 23.3 Å². The zero-order chi connectivity index (χ0) is 29.3. The summed E-state index contributed by atoms with van der Waals surface area (Å²) < 4.78 is 26.4. The minimum absolute atomic E-state index is 0.158. The quantitative estimate of drug-likeness (QED) is 0.134. The van der Waals surface area contributed by atoms with Gasteiger partial charge in [-0.05, 0) is 68.4 Å². The van der Waals surface area contributed by atoms with Crippen LogP contribution in [0.1, 0.15) is 133 Å². The average molecular weight is 564 g/mol. The molecule has 3 rings (SSSR count). The third-order valence-corrected chi connectivity index (χ3v) is 8.55. The number of esters is 1. The summed E-state index contributed by atoms with van der Waals surface area (Å²) in [5.74, 6) is -0.159. The molecule has 0 radical (unpaired) electrons. The molecule has 0 bridgehead atoms. The number of ether oxygens (including phenoxy) is 2. The maximum Gasteiger partial charge on any atom is 0.338 e. The molecular formula is C36H50FNO3. The number of halogens is 1. The molecule has 2 aromatic carbocycles. The molecule has 1 aliphatic rings. The van der Waals surface area contributed by atoms with Gasteiger partial charge in [-0.1, -0.05) is 96.6 Å². The van der Waals surface area contributed by atoms with Crippen LogP contribution in [0.5, 0.6) is 5.75 Å². The summed E-state index contributed by atoms with van der Waals surface area (Å²) in [6.07, 6.45) is 18.3. The van der Waals surface area contributed by atoms with E-state index in [4.69, 9.17) is 9.47 Å². The number of hydrogen-bond donors (Lipinski definition) is 0. The molecule has 224 valence electrons. The highest BCUT2D eigenvalue weighted by Gasteiger charge is 2.36. The predicted octanol–water partition coefficient (Wildman–Crippen LogP) is 10.6. The first-order chi connectivity index (χ1) is 20.0. The van der Waals surface area contributed by atoms with Crippen LogP contribution in [0.3, 0.4) is 0 Å². The molecule has 0 amide bonds. The van der Waals surface area contributed by atoms with E-state index in [0.717, 1.165) is 51.4 Å². The largest absolute Gasteiger partial charge is 0.493 e. The number of carbonyl (C=O) groups is 1. The van der Waals surface area contributed by atoms with Gasteiger partial charge in [-0.2, -0.15) is 5.26 Å². The Morgan fingerprint density at radius 3 is 2.10 bits per heavy atom. The van der Waals surface area contributed by atoms with Gasteiger partial charge in [-0.15, -0.1) is 0 Å². The van der Waals surface area contributed by atoms with Crippen LogP contribution in [0.2, 0.25) is 0 Å². The molecule has 0 saturated heterocycles. The highest BCUT2D eigenvalue weighted by Crippen LogP contribution is 2.41. The normalized spacial score (nSPS) is 18.5. The number of unbranched alkanes of at least 4 members (excludes halogenated alkanes) is 10. The summed E-state index contributed by atoms with van der Waals surface area (Å²) in [6.45, 7) is 5.03. The fourth-order valence-electron chi connectivity index (χ4n) is 5.82. The number of rotatable bonds is 18. The van der Waals surface area contributed by atoms with Gasteiger partial charge in [0, 0.05) is 11.6 Å². The lowest BCUT2D eigenvalue weighted by atomic mass is 9.71. The summed E-state index contributed by atoms with van der Waals surface area (Å²) in [6, 6.07) is 14.5. The monoisotopic (exact) mass is 563 g/mol. The first-order valence-corrected chi connectivity index (χ1v) is 16.2. The summed E-state index contributed by atoms with van der Waals surface area (Å²) in [5.41, 5.74) is 1.36. The summed E-state index contributed by atoms with van der Waals surface area (Å²) in [5, 5.41) is 9.84. The van der Waals surface area contributed by atoms with Crippen molar-refractivity contribution in [2.24, 2.45) is 5.41 Å². The number of nitriles is 1. The van der Waals surface area contributed by atoms with Crippen LogP contribution in [0.15, 0.2) is 42.5 Å². The van der Waals surface area contributed by atoms with Crippen LogP contribution in [0.4, 0.5) is 4.39 Å². The predicted molar refractivity (Wildman–Crippen MR) is 164 cm³/mol. The van der Waals surface area contributed by atoms with Crippen LogP contribution in [-0.4, -0.2) is 18.7 Å². The molecule has 0 atom stereocenters. The van der Waals surface area contributed by atoms with E-state index in [9.17, 15) is 14.4 Å². The van der Waals surface area contributed by atoms with Crippen LogP contribution < -0.4 is 4.74 Å². The lowest BCUT2D eigenvalue weighted by Gasteiger charge is -2.34. The van der Waals surface area contributed by atoms with E-state index in [1.807, 2.05) is 0 Å². The molecule has 2 aromatic rings. The van der Waals surface area contributed by atoms with Gasteiger partial charge in [0.05, 0.1) is 23.7 Å². The van der Waals surface area contributed by atoms with Crippen LogP contribution in [0, 0.1) is 22.6 Å². The Morgan fingerprint density at radius 2 is 1.49 bits per heavy atom. The number of nitrogens with zero attached hydrogens (tertiary/aromatic N) is 1. The Hall–Kier alpha value is -2.87. The van der Waals surface area contributed by atoms with Gasteiger partial charge in [0.2, 0.25) is 0 Å². The van der Waals surface area contributed by atoms with Gasteiger partial charge < -0.3 is 9.47 Å². The molecule has 0 heterocycles. The van der Waals surface area contributed by atoms with Gasteiger partial charge in [0.15, 0.2) is 0 Å². The van der Waals surface area contributed by atoms with Gasteiger partial charge in [-0.25, -0.2) is 9.18 Å². The fourth-order valence-corrected chi connectivity index (χ4v) is 5.82. The molecular weight excluding hydrogens is 513 g/mol. The molecule has 4 nitrogen and oxygen atoms in total. The SMILES string of the molecule is CCCCCCCCCOc1ccc(-c2ccc(C(=O)OC3CCC(C#N)(CCCCCCC)CC3)cc2)c(F)c1. The number of carbonyl (C=O) groups excluding carboxylic acids is 1. The van der Waals surface area contributed by atoms with Crippen molar-refractivity contribution < 1.29 is 18.7 Å². The minimum Gasteiger partial charge on any atom is -0.493 e. The zero-order valence-electron chi connectivity index (χ0n) is 25.4. The molecule has 5 heteroatoms. The van der Waals surface area contributed by atoms with Crippen molar-refractivity contribution in [3.63, 3.8) is 0 Å². The summed E-state index contributed by atoms with van der Waals surface area (Å²) >= 11 is 0. The highest BCUT2D eigenvalue weighted by atomic mass is 19.1. The van der Waals surface area contributed by atoms with Crippen LogP contribution in [0.25, 0.3) is 11.1 Å². The van der Waals surface area contributed by atoms with Gasteiger partial charge in [0.1, 0.15) is 17.7 Å². The van der Waals surface area contributed by atoms with Gasteiger partial charge in [0.25, 0.3) is 0 Å². The van der Waals surface area contributed by atoms with Crippen molar-refractivity contribution in [1.29, 1.82) is 5.26 Å². The maximum atomic E-state index is 14.9. The van der Waals surface area contributed by atoms with E-state index >= 15 is 0 Å². The standard InChI is InChI=1S/C36H50FNO3/c1-3-5-7-9-10-12-14-26-40-32-19-20-33(34(37)27-32)29-15-17-30(18-16-29)35(39)41-31-21-24-36(28-38,25-22-31)23-13-11-8-6-4-2/h15-20,27,31H,3-14,21-26H2,1-2H3. The fraction of sp³-hybridized carbons (Fsp3) is 0.611. The Labute approximate surface area is 247 Å². The Morgan fingerprint density at radius 1 is 0.878 bits per heavy atom. The van der Waals surface area contributed by atoms with E-state index in [2.05, 4.69) is 19.9 Å². The maximum absolute atomic E-state index is 14.9. The molecule has 1 fully saturated rings. The molecule has 0 aliphatic heterocycles. The van der Waals surface area contributed by atoms with Crippen molar-refractivity contribution >= 4 is 5.97 Å². The molecule has 1 saturated carbocycles. The number of hydrogen-bond acceptors (Lipinski definition) is 4. The molecule has 41 heavy (non-hydrogen) atoms. The highest BCUT2D eigenvalue weighted by molar-refractivity contribution is 5.90. The van der Waals surface area contributed by atoms with E-state index < -0.39 is 0 Å². The third-order valence-electron chi connectivity index (χ3n) is 8.55. The number of benzene rings is 2. The van der Waals surface area contributed by atoms with E-state index in [0.29, 0.717) is 29.0 Å². The smallest absolute Gasteiger partial charge is 0.338 e. The average Bonchev–Trinajstić information content (AvgIpc) is 2.99. The summed E-state index contributed by atoms with van der Waals surface area (Å²) in [7, 11) is 0. The van der Waals surface area contributed by atoms with Crippen LogP contribution >= 0.6 is 0 Å². The second-order valence-electron chi connectivity index (χ2n) is 11.8. The third kappa shape index (κ3) is 10.8. The Balaban J connectivity index is 1.43. The molecule has 0 aromatic heterocycles. The first kappa shape index (κ1) is 32.6. The lowest BCUT2D eigenvalue weighted by Crippen LogP contribution is -2.31. The van der Waals surface area contributed by atoms with Crippen molar-refractivity contribution in [3.8, 4) is 22.9 Å². The van der Waals surface area contributed by atoms with Gasteiger partial charge in [-0.3, -0.25) is 0 Å². The van der Waals surface area contributed by atoms with Crippen molar-refractivity contribution in [2.75, 3.05) is 6.61 Å². The van der Waals surface area contributed by atoms with E-state index in [1.165, 1.54) is 63.9 Å². The van der Waals surface area contributed by atoms with Crippen molar-refractivity contribution in [3.05, 3.63) is 53.8 Å². The summed E-state index contributed by atoms with van der Waals surface area (Å²) in [4.78, 5) is 12.8. The zero-order valence-corrected chi connectivity index (χ0v) is 25.4. The van der Waals surface area contributed by atoms with Crippen LogP contribution in [-0.2, 0) is 4.74 Å². The molecule has 0 spiro atoms. The lowest BCUT2D eigenvalue weighted by molar-refractivity contribution is 0.0105. The first-order valence-electron chi connectivity index (χ1n) is 16.2. The van der Waals surface area contributed by atoms with Gasteiger partial charge >= 0.3 is 5.97 Å². The van der Waals surface area contributed by atoms with Crippen molar-refractivity contribution in [2.45, 2.75) is 129 Å². The topological polar surface area (TPSA) is 59.3 Å². The molecule has 0 N–H and O–H groups in total.